The minimum absolute atomic E-state index is 0.181. The molecule has 0 aliphatic carbocycles. The number of anilines is 1. The van der Waals surface area contributed by atoms with Gasteiger partial charge in [0.1, 0.15) is 5.82 Å². The first kappa shape index (κ1) is 14.4. The molecule has 0 aliphatic heterocycles. The van der Waals surface area contributed by atoms with Gasteiger partial charge in [-0.15, -0.1) is 10.2 Å². The smallest absolute Gasteiger partial charge is 0.269 e. The molecule has 1 amide bonds. The van der Waals surface area contributed by atoms with E-state index in [4.69, 9.17) is 5.73 Å². The molecule has 1 heterocycles. The molecule has 6 nitrogen and oxygen atoms in total. The van der Waals surface area contributed by atoms with Gasteiger partial charge in [0.2, 0.25) is 0 Å². The molecule has 0 radical (unpaired) electrons. The molecule has 6 heteroatoms. The van der Waals surface area contributed by atoms with Gasteiger partial charge in [-0.3, -0.25) is 4.79 Å². The number of primary amides is 1. The van der Waals surface area contributed by atoms with E-state index in [0.717, 1.165) is 19.5 Å². The van der Waals surface area contributed by atoms with Gasteiger partial charge in [0.15, 0.2) is 5.69 Å². The van der Waals surface area contributed by atoms with Crippen molar-refractivity contribution in [3.63, 3.8) is 0 Å². The topological polar surface area (TPSA) is 84.1 Å². The Kier molecular flexibility index (Phi) is 5.51. The van der Waals surface area contributed by atoms with Gasteiger partial charge in [-0.25, -0.2) is 0 Å². The van der Waals surface area contributed by atoms with Crippen molar-refractivity contribution in [2.45, 2.75) is 26.3 Å². The average molecular weight is 251 g/mol. The molecule has 1 aromatic heterocycles. The van der Waals surface area contributed by atoms with Crippen molar-refractivity contribution in [2.24, 2.45) is 5.73 Å². The van der Waals surface area contributed by atoms with Gasteiger partial charge in [0, 0.05) is 12.6 Å². The number of aromatic nitrogens is 2. The summed E-state index contributed by atoms with van der Waals surface area (Å²) < 4.78 is 0. The molecule has 1 aromatic rings. The highest BCUT2D eigenvalue weighted by molar-refractivity contribution is 5.90. The number of rotatable bonds is 7. The lowest BCUT2D eigenvalue weighted by Crippen LogP contribution is -2.28. The summed E-state index contributed by atoms with van der Waals surface area (Å²) >= 11 is 0. The molecular weight excluding hydrogens is 230 g/mol. The van der Waals surface area contributed by atoms with Crippen LogP contribution in [0.25, 0.3) is 0 Å². The normalized spacial score (nSPS) is 10.9. The van der Waals surface area contributed by atoms with E-state index in [2.05, 4.69) is 41.3 Å². The summed E-state index contributed by atoms with van der Waals surface area (Å²) in [6.07, 6.45) is 1.02. The number of nitrogens with two attached hydrogens (primary N) is 1. The molecule has 0 unspecified atom stereocenters. The van der Waals surface area contributed by atoms with Gasteiger partial charge >= 0.3 is 0 Å². The highest BCUT2D eigenvalue weighted by atomic mass is 16.1. The molecule has 0 fully saturated rings. The predicted octanol–water partition coefficient (Wildman–Crippen LogP) is 0.718. The Morgan fingerprint density at radius 3 is 2.67 bits per heavy atom. The minimum Gasteiger partial charge on any atom is -0.369 e. The van der Waals surface area contributed by atoms with Gasteiger partial charge in [-0.05, 0) is 46.0 Å². The monoisotopic (exact) mass is 251 g/mol. The molecule has 100 valence electrons. The standard InChI is InChI=1S/C12H21N5O/c1-9(2)17(3)8-4-7-14-11-6-5-10(12(13)18)15-16-11/h5-6,9H,4,7-8H2,1-3H3,(H2,13,18)(H,14,16). The Bertz CT molecular complexity index is 377. The van der Waals surface area contributed by atoms with Crippen molar-refractivity contribution in [1.29, 1.82) is 0 Å². The molecular formula is C12H21N5O. The van der Waals surface area contributed by atoms with Crippen LogP contribution in [0.3, 0.4) is 0 Å². The van der Waals surface area contributed by atoms with Gasteiger partial charge in [-0.2, -0.15) is 0 Å². The van der Waals surface area contributed by atoms with Crippen LogP contribution in [0.2, 0.25) is 0 Å². The third kappa shape index (κ3) is 4.67. The third-order valence-electron chi connectivity index (χ3n) is 2.79. The Hall–Kier alpha value is -1.69. The molecule has 0 bridgehead atoms. The van der Waals surface area contributed by atoms with E-state index in [0.29, 0.717) is 11.9 Å². The Morgan fingerprint density at radius 1 is 1.44 bits per heavy atom. The molecule has 0 saturated heterocycles. The second-order valence-electron chi connectivity index (χ2n) is 4.52. The summed E-state index contributed by atoms with van der Waals surface area (Å²) in [5, 5.41) is 10.8. The van der Waals surface area contributed by atoms with Crippen LogP contribution in [0.4, 0.5) is 5.82 Å². The summed E-state index contributed by atoms with van der Waals surface area (Å²) in [7, 11) is 2.10. The number of hydrogen-bond acceptors (Lipinski definition) is 5. The zero-order chi connectivity index (χ0) is 13.5. The van der Waals surface area contributed by atoms with E-state index in [-0.39, 0.29) is 5.69 Å². The van der Waals surface area contributed by atoms with Crippen LogP contribution >= 0.6 is 0 Å². The van der Waals surface area contributed by atoms with Crippen LogP contribution in [0.15, 0.2) is 12.1 Å². The van der Waals surface area contributed by atoms with Gasteiger partial charge in [0.25, 0.3) is 5.91 Å². The van der Waals surface area contributed by atoms with Crippen LogP contribution in [0.1, 0.15) is 30.8 Å². The second-order valence-corrected chi connectivity index (χ2v) is 4.52. The third-order valence-corrected chi connectivity index (χ3v) is 2.79. The molecule has 0 saturated carbocycles. The number of hydrogen-bond donors (Lipinski definition) is 2. The molecule has 18 heavy (non-hydrogen) atoms. The van der Waals surface area contributed by atoms with E-state index in [1.807, 2.05) is 0 Å². The number of carbonyl (C=O) groups is 1. The summed E-state index contributed by atoms with van der Waals surface area (Å²) in [5.74, 6) is 0.0970. The average Bonchev–Trinajstić information content (AvgIpc) is 2.34. The highest BCUT2D eigenvalue weighted by Gasteiger charge is 2.04. The van der Waals surface area contributed by atoms with Crippen molar-refractivity contribution >= 4 is 11.7 Å². The summed E-state index contributed by atoms with van der Waals surface area (Å²) in [6.45, 7) is 6.18. The summed E-state index contributed by atoms with van der Waals surface area (Å²) in [5.41, 5.74) is 5.26. The number of nitrogens with one attached hydrogen (secondary N) is 1. The fourth-order valence-electron chi connectivity index (χ4n) is 1.36. The molecule has 0 aromatic carbocycles. The summed E-state index contributed by atoms with van der Waals surface area (Å²) in [4.78, 5) is 13.1. The number of nitrogens with zero attached hydrogens (tertiary/aromatic N) is 3. The molecule has 0 atom stereocenters. The van der Waals surface area contributed by atoms with Crippen molar-refractivity contribution in [2.75, 3.05) is 25.5 Å². The van der Waals surface area contributed by atoms with E-state index in [9.17, 15) is 4.79 Å². The first-order valence-corrected chi connectivity index (χ1v) is 6.08. The first-order chi connectivity index (χ1) is 8.50. The van der Waals surface area contributed by atoms with Crippen LogP contribution < -0.4 is 11.1 Å². The molecule has 3 N–H and O–H groups in total. The Morgan fingerprint density at radius 2 is 2.17 bits per heavy atom. The Labute approximate surface area is 108 Å². The predicted molar refractivity (Wildman–Crippen MR) is 71.4 cm³/mol. The van der Waals surface area contributed by atoms with Crippen molar-refractivity contribution in [1.82, 2.24) is 15.1 Å². The fourth-order valence-corrected chi connectivity index (χ4v) is 1.36. The SMILES string of the molecule is CC(C)N(C)CCCNc1ccc(C(N)=O)nn1. The lowest BCUT2D eigenvalue weighted by molar-refractivity contribution is 0.0994. The first-order valence-electron chi connectivity index (χ1n) is 6.08. The van der Waals surface area contributed by atoms with Crippen molar-refractivity contribution in [3.05, 3.63) is 17.8 Å². The van der Waals surface area contributed by atoms with Crippen LogP contribution in [0, 0.1) is 0 Å². The molecule has 0 spiro atoms. The fraction of sp³-hybridized carbons (Fsp3) is 0.583. The highest BCUT2D eigenvalue weighted by Crippen LogP contribution is 2.02. The summed E-state index contributed by atoms with van der Waals surface area (Å²) in [6, 6.07) is 3.83. The lowest BCUT2D eigenvalue weighted by atomic mass is 10.3. The van der Waals surface area contributed by atoms with Gasteiger partial charge in [-0.1, -0.05) is 0 Å². The quantitative estimate of drug-likeness (QED) is 0.697. The van der Waals surface area contributed by atoms with E-state index >= 15 is 0 Å². The van der Waals surface area contributed by atoms with Crippen molar-refractivity contribution in [3.8, 4) is 0 Å². The van der Waals surface area contributed by atoms with Gasteiger partial charge < -0.3 is 16.0 Å². The maximum atomic E-state index is 10.8. The van der Waals surface area contributed by atoms with E-state index < -0.39 is 5.91 Å². The maximum Gasteiger partial charge on any atom is 0.269 e. The van der Waals surface area contributed by atoms with Crippen LogP contribution in [-0.2, 0) is 0 Å². The second kappa shape index (κ2) is 6.90. The maximum absolute atomic E-state index is 10.8. The number of amides is 1. The lowest BCUT2D eigenvalue weighted by Gasteiger charge is -2.20. The molecule has 1 rings (SSSR count). The minimum atomic E-state index is -0.562. The largest absolute Gasteiger partial charge is 0.369 e. The zero-order valence-electron chi connectivity index (χ0n) is 11.2. The van der Waals surface area contributed by atoms with Gasteiger partial charge in [0.05, 0.1) is 0 Å². The van der Waals surface area contributed by atoms with Crippen LogP contribution in [0.5, 0.6) is 0 Å². The van der Waals surface area contributed by atoms with E-state index in [1.165, 1.54) is 0 Å². The van der Waals surface area contributed by atoms with Crippen LogP contribution in [-0.4, -0.2) is 47.2 Å². The molecule has 0 aliphatic rings. The zero-order valence-corrected chi connectivity index (χ0v) is 11.2. The number of carbonyl (C=O) groups excluding carboxylic acids is 1. The Balaban J connectivity index is 2.29. The van der Waals surface area contributed by atoms with E-state index in [1.54, 1.807) is 12.1 Å². The van der Waals surface area contributed by atoms with Crippen molar-refractivity contribution < 1.29 is 4.79 Å².